The van der Waals surface area contributed by atoms with Crippen LogP contribution in [-0.2, 0) is 0 Å². The Kier molecular flexibility index (Phi) is 10.1. The summed E-state index contributed by atoms with van der Waals surface area (Å²) in [6, 6.07) is 0. The normalized spacial score (nSPS) is 12.5. The lowest BCUT2D eigenvalue weighted by Gasteiger charge is -2.05. The zero-order valence-electron chi connectivity index (χ0n) is 11.3. The summed E-state index contributed by atoms with van der Waals surface area (Å²) < 4.78 is 0. The molecule has 90 valence electrons. The highest BCUT2D eigenvalue weighted by molar-refractivity contribution is 4.98. The van der Waals surface area contributed by atoms with Gasteiger partial charge >= 0.3 is 0 Å². The first-order chi connectivity index (χ1) is 7.20. The van der Waals surface area contributed by atoms with Gasteiger partial charge < -0.3 is 0 Å². The van der Waals surface area contributed by atoms with Crippen molar-refractivity contribution in [1.29, 1.82) is 0 Å². The number of hydrogen-bond donors (Lipinski definition) is 0. The van der Waals surface area contributed by atoms with E-state index in [4.69, 9.17) is 0 Å². The first kappa shape index (κ1) is 14.7. The molecule has 15 heavy (non-hydrogen) atoms. The van der Waals surface area contributed by atoms with Crippen molar-refractivity contribution >= 4 is 0 Å². The summed E-state index contributed by atoms with van der Waals surface area (Å²) in [6.45, 7) is 9.07. The molecule has 0 heterocycles. The first-order valence-corrected chi connectivity index (χ1v) is 6.84. The summed E-state index contributed by atoms with van der Waals surface area (Å²) >= 11 is 0. The molecule has 0 radical (unpaired) electrons. The largest absolute Gasteiger partial charge is 0.0885 e. The van der Waals surface area contributed by atoms with Crippen LogP contribution in [0.1, 0.15) is 79.1 Å². The van der Waals surface area contributed by atoms with Crippen LogP contribution in [0.25, 0.3) is 0 Å². The predicted octanol–water partition coefficient (Wildman–Crippen LogP) is 5.73. The summed E-state index contributed by atoms with van der Waals surface area (Å²) in [7, 11) is 0. The Morgan fingerprint density at radius 3 is 2.13 bits per heavy atom. The number of allylic oxidation sites excluding steroid dienone is 2. The van der Waals surface area contributed by atoms with Gasteiger partial charge in [0.05, 0.1) is 0 Å². The van der Waals surface area contributed by atoms with Crippen LogP contribution >= 0.6 is 0 Å². The minimum Gasteiger partial charge on any atom is -0.0885 e. The molecule has 0 spiro atoms. The highest BCUT2D eigenvalue weighted by Gasteiger charge is 1.96. The standard InChI is InChI=1S/C15H30/c1-5-15(6-2)13-11-9-7-8-10-12-14(3)4/h5,14H,6-13H2,1-4H3. The molecular formula is C15H30. The van der Waals surface area contributed by atoms with Crippen molar-refractivity contribution in [2.45, 2.75) is 79.1 Å². The molecule has 0 bridgehead atoms. The van der Waals surface area contributed by atoms with E-state index in [0.717, 1.165) is 5.92 Å². The molecule has 0 aliphatic rings. The summed E-state index contributed by atoms with van der Waals surface area (Å²) in [4.78, 5) is 0. The Balaban J connectivity index is 3.18. The molecule has 0 aliphatic heterocycles. The number of hydrogen-bond acceptors (Lipinski definition) is 0. The fourth-order valence-electron chi connectivity index (χ4n) is 1.96. The van der Waals surface area contributed by atoms with Gasteiger partial charge in [-0.05, 0) is 32.1 Å². The molecule has 0 aromatic heterocycles. The topological polar surface area (TPSA) is 0 Å². The van der Waals surface area contributed by atoms with Gasteiger partial charge in [0.2, 0.25) is 0 Å². The van der Waals surface area contributed by atoms with E-state index in [0.29, 0.717) is 0 Å². The smallest absolute Gasteiger partial charge is 0.0321 e. The Morgan fingerprint density at radius 1 is 1.00 bits per heavy atom. The molecule has 0 amide bonds. The van der Waals surface area contributed by atoms with Crippen LogP contribution in [0.2, 0.25) is 0 Å². The minimum atomic E-state index is 0.889. The van der Waals surface area contributed by atoms with E-state index < -0.39 is 0 Å². The Bertz CT molecular complexity index is 153. The van der Waals surface area contributed by atoms with Crippen molar-refractivity contribution in [3.63, 3.8) is 0 Å². The van der Waals surface area contributed by atoms with E-state index in [9.17, 15) is 0 Å². The second kappa shape index (κ2) is 10.3. The first-order valence-electron chi connectivity index (χ1n) is 6.84. The molecule has 0 aliphatic carbocycles. The molecule has 0 fully saturated rings. The van der Waals surface area contributed by atoms with Gasteiger partial charge in [0.15, 0.2) is 0 Å². The third kappa shape index (κ3) is 10.0. The van der Waals surface area contributed by atoms with Crippen molar-refractivity contribution in [2.24, 2.45) is 5.92 Å². The summed E-state index contributed by atoms with van der Waals surface area (Å²) in [5.41, 5.74) is 1.64. The maximum Gasteiger partial charge on any atom is -0.0321 e. The second-order valence-corrected chi connectivity index (χ2v) is 5.00. The number of rotatable bonds is 9. The van der Waals surface area contributed by atoms with Gasteiger partial charge in [-0.15, -0.1) is 0 Å². The molecule has 0 heteroatoms. The van der Waals surface area contributed by atoms with Crippen LogP contribution in [0.4, 0.5) is 0 Å². The SMILES string of the molecule is CC=C(CC)CCCCCCCC(C)C. The van der Waals surface area contributed by atoms with E-state index in [2.05, 4.69) is 33.8 Å². The van der Waals surface area contributed by atoms with Crippen molar-refractivity contribution in [1.82, 2.24) is 0 Å². The zero-order valence-corrected chi connectivity index (χ0v) is 11.3. The zero-order chi connectivity index (χ0) is 11.5. The van der Waals surface area contributed by atoms with Gasteiger partial charge in [0.25, 0.3) is 0 Å². The lowest BCUT2D eigenvalue weighted by atomic mass is 10.0. The number of unbranched alkanes of at least 4 members (excludes halogenated alkanes) is 4. The van der Waals surface area contributed by atoms with Crippen molar-refractivity contribution in [2.75, 3.05) is 0 Å². The fourth-order valence-corrected chi connectivity index (χ4v) is 1.96. The van der Waals surface area contributed by atoms with Crippen LogP contribution in [0.15, 0.2) is 11.6 Å². The minimum absolute atomic E-state index is 0.889. The van der Waals surface area contributed by atoms with Gasteiger partial charge in [-0.2, -0.15) is 0 Å². The third-order valence-corrected chi connectivity index (χ3v) is 3.14. The fraction of sp³-hybridized carbons (Fsp3) is 0.867. The van der Waals surface area contributed by atoms with E-state index in [1.165, 1.54) is 51.4 Å². The van der Waals surface area contributed by atoms with E-state index in [-0.39, 0.29) is 0 Å². The molecule has 0 nitrogen and oxygen atoms in total. The van der Waals surface area contributed by atoms with Gasteiger partial charge in [-0.25, -0.2) is 0 Å². The van der Waals surface area contributed by atoms with Crippen molar-refractivity contribution < 1.29 is 0 Å². The summed E-state index contributed by atoms with van der Waals surface area (Å²) in [6.07, 6.45) is 13.4. The van der Waals surface area contributed by atoms with Gasteiger partial charge in [-0.3, -0.25) is 0 Å². The third-order valence-electron chi connectivity index (χ3n) is 3.14. The molecule has 0 atom stereocenters. The molecule has 0 rings (SSSR count). The second-order valence-electron chi connectivity index (χ2n) is 5.00. The highest BCUT2D eigenvalue weighted by atomic mass is 14.0. The molecule has 0 unspecified atom stereocenters. The van der Waals surface area contributed by atoms with Crippen LogP contribution in [0.5, 0.6) is 0 Å². The predicted molar refractivity (Wildman–Crippen MR) is 71.2 cm³/mol. The van der Waals surface area contributed by atoms with Gasteiger partial charge in [-0.1, -0.05) is 64.5 Å². The molecule has 0 N–H and O–H groups in total. The quantitative estimate of drug-likeness (QED) is 0.337. The molecular weight excluding hydrogens is 180 g/mol. The molecule has 0 saturated carbocycles. The Morgan fingerprint density at radius 2 is 1.60 bits per heavy atom. The van der Waals surface area contributed by atoms with Crippen molar-refractivity contribution in [3.05, 3.63) is 11.6 Å². The lowest BCUT2D eigenvalue weighted by molar-refractivity contribution is 0.514. The van der Waals surface area contributed by atoms with E-state index in [1.807, 2.05) is 0 Å². The van der Waals surface area contributed by atoms with Crippen molar-refractivity contribution in [3.8, 4) is 0 Å². The Hall–Kier alpha value is -0.260. The lowest BCUT2D eigenvalue weighted by Crippen LogP contribution is -1.87. The average molecular weight is 210 g/mol. The summed E-state index contributed by atoms with van der Waals surface area (Å²) in [5.74, 6) is 0.889. The van der Waals surface area contributed by atoms with Crippen LogP contribution in [-0.4, -0.2) is 0 Å². The van der Waals surface area contributed by atoms with E-state index >= 15 is 0 Å². The maximum atomic E-state index is 2.32. The van der Waals surface area contributed by atoms with Crippen LogP contribution < -0.4 is 0 Å². The van der Waals surface area contributed by atoms with Gasteiger partial charge in [0.1, 0.15) is 0 Å². The van der Waals surface area contributed by atoms with E-state index in [1.54, 1.807) is 5.57 Å². The van der Waals surface area contributed by atoms with Crippen LogP contribution in [0, 0.1) is 5.92 Å². The summed E-state index contributed by atoms with van der Waals surface area (Å²) in [5, 5.41) is 0. The molecule has 0 aromatic carbocycles. The molecule has 0 aromatic rings. The van der Waals surface area contributed by atoms with Crippen LogP contribution in [0.3, 0.4) is 0 Å². The Labute approximate surface area is 97.2 Å². The van der Waals surface area contributed by atoms with Gasteiger partial charge in [0, 0.05) is 0 Å². The maximum absolute atomic E-state index is 2.32. The monoisotopic (exact) mass is 210 g/mol. The highest BCUT2D eigenvalue weighted by Crippen LogP contribution is 2.15. The average Bonchev–Trinajstić information content (AvgIpc) is 2.22. The molecule has 0 saturated heterocycles.